The van der Waals surface area contributed by atoms with Gasteiger partial charge in [-0.3, -0.25) is 25.2 Å². The van der Waals surface area contributed by atoms with Gasteiger partial charge in [0.2, 0.25) is 11.8 Å². The Morgan fingerprint density at radius 3 is 2.33 bits per heavy atom. The van der Waals surface area contributed by atoms with Gasteiger partial charge in [-0.15, -0.1) is 0 Å². The minimum absolute atomic E-state index is 0.0246. The minimum atomic E-state index is -3.19. The molecular weight excluding hydrogens is 370 g/mol. The van der Waals surface area contributed by atoms with E-state index in [2.05, 4.69) is 16.2 Å². The third kappa shape index (κ3) is 6.35. The zero-order valence-corrected chi connectivity index (χ0v) is 16.2. The van der Waals surface area contributed by atoms with Crippen LogP contribution in [0, 0.1) is 11.8 Å². The summed E-state index contributed by atoms with van der Waals surface area (Å²) in [6, 6.07) is 8.32. The second-order valence-corrected chi connectivity index (χ2v) is 9.26. The molecule has 0 bridgehead atoms. The van der Waals surface area contributed by atoms with Crippen molar-refractivity contribution in [1.29, 1.82) is 0 Å². The van der Waals surface area contributed by atoms with E-state index in [0.29, 0.717) is 0 Å². The first-order valence-corrected chi connectivity index (χ1v) is 10.6. The van der Waals surface area contributed by atoms with Crippen LogP contribution >= 0.6 is 0 Å². The van der Waals surface area contributed by atoms with Gasteiger partial charge in [-0.25, -0.2) is 8.42 Å². The molecule has 148 valence electrons. The molecule has 3 N–H and O–H groups in total. The zero-order chi connectivity index (χ0) is 20.0. The van der Waals surface area contributed by atoms with Gasteiger partial charge >= 0.3 is 0 Å². The molecule has 2 atom stereocenters. The summed E-state index contributed by atoms with van der Waals surface area (Å²) in [6.07, 6.45) is 0.384. The Balaban J connectivity index is 1.87. The molecule has 9 heteroatoms. The number of sulfone groups is 1. The fourth-order valence-corrected chi connectivity index (χ4v) is 4.59. The second-order valence-electron chi connectivity index (χ2n) is 7.03. The Bertz CT molecular complexity index is 792. The highest BCUT2D eigenvalue weighted by Crippen LogP contribution is 2.18. The van der Waals surface area contributed by atoms with Crippen molar-refractivity contribution in [2.75, 3.05) is 11.5 Å². The van der Waals surface area contributed by atoms with Crippen molar-refractivity contribution in [2.24, 2.45) is 11.8 Å². The molecule has 0 saturated carbocycles. The second kappa shape index (κ2) is 8.98. The molecule has 2 rings (SSSR count). The van der Waals surface area contributed by atoms with Crippen LogP contribution in [0.3, 0.4) is 0 Å². The summed E-state index contributed by atoms with van der Waals surface area (Å²) in [5.41, 5.74) is 5.38. The number of hydrazine groups is 1. The number of carbonyl (C=O) groups excluding carboxylic acids is 3. The summed E-state index contributed by atoms with van der Waals surface area (Å²) in [7, 11) is -3.19. The third-order valence-corrected chi connectivity index (χ3v) is 6.15. The Hall–Kier alpha value is -2.42. The van der Waals surface area contributed by atoms with E-state index in [1.54, 1.807) is 13.8 Å². The topological polar surface area (TPSA) is 121 Å². The summed E-state index contributed by atoms with van der Waals surface area (Å²) < 4.78 is 22.9. The molecule has 3 amide bonds. The van der Waals surface area contributed by atoms with Gasteiger partial charge in [0.15, 0.2) is 9.84 Å². The highest BCUT2D eigenvalue weighted by atomic mass is 32.2. The minimum Gasteiger partial charge on any atom is -0.344 e. The van der Waals surface area contributed by atoms with Crippen LogP contribution in [0.15, 0.2) is 30.3 Å². The first-order chi connectivity index (χ1) is 12.7. The van der Waals surface area contributed by atoms with Crippen LogP contribution in [-0.2, 0) is 30.6 Å². The van der Waals surface area contributed by atoms with Gasteiger partial charge in [0.25, 0.3) is 5.91 Å². The quantitative estimate of drug-likeness (QED) is 0.583. The fraction of sp³-hybridized carbons (Fsp3) is 0.500. The third-order valence-electron chi connectivity index (χ3n) is 4.39. The van der Waals surface area contributed by atoms with Crippen molar-refractivity contribution in [1.82, 2.24) is 16.2 Å². The van der Waals surface area contributed by atoms with Crippen LogP contribution in [-0.4, -0.2) is 43.7 Å². The van der Waals surface area contributed by atoms with E-state index in [9.17, 15) is 22.8 Å². The van der Waals surface area contributed by atoms with E-state index in [4.69, 9.17) is 0 Å². The molecule has 0 unspecified atom stereocenters. The maximum absolute atomic E-state index is 12.4. The number of hydrogen-bond donors (Lipinski definition) is 3. The van der Waals surface area contributed by atoms with Crippen LogP contribution in [0.25, 0.3) is 0 Å². The van der Waals surface area contributed by atoms with Gasteiger partial charge in [-0.1, -0.05) is 44.2 Å². The van der Waals surface area contributed by atoms with E-state index < -0.39 is 33.6 Å². The lowest BCUT2D eigenvalue weighted by Gasteiger charge is -2.22. The summed E-state index contributed by atoms with van der Waals surface area (Å²) in [4.78, 5) is 36.6. The average Bonchev–Trinajstić information content (AvgIpc) is 2.98. The number of amides is 3. The van der Waals surface area contributed by atoms with Crippen LogP contribution in [0.1, 0.15) is 25.8 Å². The van der Waals surface area contributed by atoms with Crippen molar-refractivity contribution >= 4 is 27.6 Å². The Morgan fingerprint density at radius 2 is 1.78 bits per heavy atom. The van der Waals surface area contributed by atoms with Crippen LogP contribution < -0.4 is 16.2 Å². The molecule has 1 saturated heterocycles. The van der Waals surface area contributed by atoms with Crippen molar-refractivity contribution in [2.45, 2.75) is 32.7 Å². The fourth-order valence-electron chi connectivity index (χ4n) is 2.85. The molecular formula is C18H25N3O5S. The molecule has 0 aromatic heterocycles. The number of hydrogen-bond acceptors (Lipinski definition) is 5. The maximum Gasteiger partial charge on any atom is 0.261 e. The van der Waals surface area contributed by atoms with Crippen LogP contribution in [0.5, 0.6) is 0 Å². The highest BCUT2D eigenvalue weighted by molar-refractivity contribution is 7.91. The molecule has 1 aliphatic heterocycles. The number of carbonyl (C=O) groups is 3. The van der Waals surface area contributed by atoms with Crippen molar-refractivity contribution in [3.05, 3.63) is 35.9 Å². The molecule has 1 fully saturated rings. The molecule has 1 aromatic carbocycles. The molecule has 8 nitrogen and oxygen atoms in total. The first kappa shape index (κ1) is 20.9. The Kier molecular flexibility index (Phi) is 6.95. The average molecular weight is 395 g/mol. The number of nitrogens with one attached hydrogen (secondary N) is 3. The monoisotopic (exact) mass is 395 g/mol. The van der Waals surface area contributed by atoms with Gasteiger partial charge in [0, 0.05) is 0 Å². The summed E-state index contributed by atoms with van der Waals surface area (Å²) in [5, 5.41) is 2.67. The summed E-state index contributed by atoms with van der Waals surface area (Å²) in [5.74, 6) is -2.50. The summed E-state index contributed by atoms with van der Waals surface area (Å²) in [6.45, 7) is 3.55. The lowest BCUT2D eigenvalue weighted by atomic mass is 10.0. The van der Waals surface area contributed by atoms with Gasteiger partial charge < -0.3 is 5.32 Å². The van der Waals surface area contributed by atoms with E-state index in [1.807, 2.05) is 30.3 Å². The molecule has 1 aliphatic rings. The van der Waals surface area contributed by atoms with Crippen molar-refractivity contribution in [3.63, 3.8) is 0 Å². The van der Waals surface area contributed by atoms with Gasteiger partial charge in [0.1, 0.15) is 6.04 Å². The Labute approximate surface area is 159 Å². The lowest BCUT2D eigenvalue weighted by Crippen LogP contribution is -2.55. The van der Waals surface area contributed by atoms with Gasteiger partial charge in [-0.2, -0.15) is 0 Å². The highest BCUT2D eigenvalue weighted by Gasteiger charge is 2.33. The molecule has 1 aromatic rings. The molecule has 0 radical (unpaired) electrons. The number of rotatable bonds is 6. The van der Waals surface area contributed by atoms with E-state index in [-0.39, 0.29) is 36.2 Å². The molecule has 0 spiro atoms. The largest absolute Gasteiger partial charge is 0.344 e. The SMILES string of the molecule is CC(C)[C@H](NC(=O)Cc1ccccc1)C(=O)NNC(=O)[C@@H]1CCS(=O)(=O)C1. The smallest absolute Gasteiger partial charge is 0.261 e. The normalized spacial score (nSPS) is 19.3. The van der Waals surface area contributed by atoms with Crippen molar-refractivity contribution in [3.8, 4) is 0 Å². The number of benzene rings is 1. The molecule has 1 heterocycles. The first-order valence-electron chi connectivity index (χ1n) is 8.81. The van der Waals surface area contributed by atoms with Crippen molar-refractivity contribution < 1.29 is 22.8 Å². The van der Waals surface area contributed by atoms with Crippen LogP contribution in [0.4, 0.5) is 0 Å². The standard InChI is InChI=1S/C18H25N3O5S/c1-12(2)16(19-15(22)10-13-6-4-3-5-7-13)18(24)21-20-17(23)14-8-9-27(25,26)11-14/h3-7,12,14,16H,8-11H2,1-2H3,(H,19,22)(H,20,23)(H,21,24)/t14-,16+/m1/s1. The van der Waals surface area contributed by atoms with Crippen LogP contribution in [0.2, 0.25) is 0 Å². The molecule has 0 aliphatic carbocycles. The van der Waals surface area contributed by atoms with E-state index in [0.717, 1.165) is 5.56 Å². The van der Waals surface area contributed by atoms with Gasteiger partial charge in [0.05, 0.1) is 23.8 Å². The predicted octanol–water partition coefficient (Wildman–Crippen LogP) is -0.0480. The molecule has 27 heavy (non-hydrogen) atoms. The van der Waals surface area contributed by atoms with E-state index >= 15 is 0 Å². The zero-order valence-electron chi connectivity index (χ0n) is 15.4. The predicted molar refractivity (Wildman–Crippen MR) is 100.0 cm³/mol. The van der Waals surface area contributed by atoms with E-state index in [1.165, 1.54) is 0 Å². The lowest BCUT2D eigenvalue weighted by molar-refractivity contribution is -0.134. The van der Waals surface area contributed by atoms with Gasteiger partial charge in [-0.05, 0) is 17.9 Å². The maximum atomic E-state index is 12.4. The summed E-state index contributed by atoms with van der Waals surface area (Å²) >= 11 is 0. The Morgan fingerprint density at radius 1 is 1.11 bits per heavy atom.